The Labute approximate surface area is 275 Å². The highest BCUT2D eigenvalue weighted by molar-refractivity contribution is 9.10. The molecule has 1 atom stereocenters. The minimum atomic E-state index is -2.04. The van der Waals surface area contributed by atoms with Gasteiger partial charge in [-0.25, -0.2) is 5.43 Å². The maximum atomic E-state index is 13.7. The molecular formula is C32H25BrN4O11. The van der Waals surface area contributed by atoms with Crippen LogP contribution in [0.15, 0.2) is 45.7 Å². The topological polar surface area (TPSA) is 225 Å². The third-order valence-corrected chi connectivity index (χ3v) is 10.1. The van der Waals surface area contributed by atoms with Gasteiger partial charge in [0.2, 0.25) is 16.3 Å². The van der Waals surface area contributed by atoms with Crippen LogP contribution in [0.1, 0.15) is 23.2 Å². The number of pyridine rings is 1. The fourth-order valence-corrected chi connectivity index (χ4v) is 7.76. The average Bonchev–Trinajstić information content (AvgIpc) is 3.57. The molecule has 1 saturated heterocycles. The molecule has 7 rings (SSSR count). The summed E-state index contributed by atoms with van der Waals surface area (Å²) in [4.78, 5) is 83.3. The molecule has 1 amide bonds. The van der Waals surface area contributed by atoms with Gasteiger partial charge in [0, 0.05) is 34.6 Å². The Bertz CT molecular complexity index is 2620. The van der Waals surface area contributed by atoms with Crippen LogP contribution in [0.25, 0.3) is 22.3 Å². The first-order valence-electron chi connectivity index (χ1n) is 14.7. The highest BCUT2D eigenvalue weighted by Crippen LogP contribution is 2.56. The number of methoxy groups -OCH3 is 1. The highest BCUT2D eigenvalue weighted by atomic mass is 79.9. The van der Waals surface area contributed by atoms with Crippen molar-refractivity contribution in [1.29, 1.82) is 0 Å². The predicted molar refractivity (Wildman–Crippen MR) is 174 cm³/mol. The second-order valence-electron chi connectivity index (χ2n) is 11.7. The summed E-state index contributed by atoms with van der Waals surface area (Å²) in [7, 11) is 1.11. The summed E-state index contributed by atoms with van der Waals surface area (Å²) in [6.07, 6.45) is 1.17. The molecule has 246 valence electrons. The Morgan fingerprint density at radius 3 is 2.38 bits per heavy atom. The van der Waals surface area contributed by atoms with Gasteiger partial charge in [-0.3, -0.25) is 33.7 Å². The number of ether oxygens (including phenoxy) is 2. The number of aliphatic hydroxyl groups excluding tert-OH is 2. The Kier molecular flexibility index (Phi) is 7.34. The number of H-pyrrole nitrogens is 1. The maximum absolute atomic E-state index is 13.7. The van der Waals surface area contributed by atoms with E-state index in [4.69, 9.17) is 9.47 Å². The number of phenolic OH excluding ortho intramolecular Hbond substituents is 1. The van der Waals surface area contributed by atoms with Crippen LogP contribution in [-0.2, 0) is 21.4 Å². The summed E-state index contributed by atoms with van der Waals surface area (Å²) < 4.78 is 10.5. The van der Waals surface area contributed by atoms with Gasteiger partial charge in [-0.1, -0.05) is 0 Å². The molecule has 5 N–H and O–H groups in total. The minimum absolute atomic E-state index is 0.0880. The number of nitrogens with zero attached hydrogens (tertiary/aromatic N) is 2. The molecule has 0 unspecified atom stereocenters. The first-order chi connectivity index (χ1) is 22.9. The number of aromatic nitrogens is 1. The third-order valence-electron chi connectivity index (χ3n) is 9.24. The molecule has 15 nitrogen and oxygen atoms in total. The average molecular weight is 721 g/mol. The first-order valence-corrected chi connectivity index (χ1v) is 15.5. The van der Waals surface area contributed by atoms with Crippen LogP contribution in [-0.4, -0.2) is 77.3 Å². The number of hydrogen-bond donors (Lipinski definition) is 5. The van der Waals surface area contributed by atoms with Gasteiger partial charge < -0.3 is 29.8 Å². The number of carbonyl (C=O) groups is 1. The van der Waals surface area contributed by atoms with Crippen molar-refractivity contribution < 1.29 is 29.6 Å². The number of aromatic hydroxyl groups is 1. The number of fused-ring (bicyclic) bond motifs is 4. The number of nitrogens with one attached hydrogen (secondary N) is 2. The first kappa shape index (κ1) is 31.4. The largest absolute Gasteiger partial charge is 0.510 e. The van der Waals surface area contributed by atoms with E-state index in [1.165, 1.54) is 12.3 Å². The molecule has 1 spiro atoms. The molecule has 1 aromatic heterocycles. The van der Waals surface area contributed by atoms with E-state index in [-0.39, 0.29) is 47.3 Å². The van der Waals surface area contributed by atoms with Crippen molar-refractivity contribution in [2.45, 2.75) is 18.3 Å². The van der Waals surface area contributed by atoms with E-state index in [2.05, 4.69) is 31.4 Å². The molecule has 48 heavy (non-hydrogen) atoms. The number of carbonyl (C=O) groups excluding carboxylic acids is 1. The fourth-order valence-electron chi connectivity index (χ4n) is 7.05. The number of aliphatic hydroxyl groups is 2. The van der Waals surface area contributed by atoms with Gasteiger partial charge in [0.15, 0.2) is 11.2 Å². The van der Waals surface area contributed by atoms with Crippen molar-refractivity contribution in [3.63, 3.8) is 0 Å². The lowest BCUT2D eigenvalue weighted by Crippen LogP contribution is -2.51. The SMILES string of the molecule is COc1cc(=O)c2c(=O)c3c(c(=O)c=2c1=O)=C(O)[C@]1(CCc2c1c(O)c1c(=O)[nH]c(/C=N/NC(=O)CN4CCOCC4)cc1c2Br)C=3O. The fraction of sp³-hybridized carbons (Fsp3) is 0.281. The van der Waals surface area contributed by atoms with Crippen LogP contribution < -0.4 is 47.9 Å². The molecule has 16 heteroatoms. The Morgan fingerprint density at radius 2 is 1.71 bits per heavy atom. The molecule has 4 aliphatic carbocycles. The zero-order chi connectivity index (χ0) is 34.2. The van der Waals surface area contributed by atoms with Crippen LogP contribution in [0.2, 0.25) is 0 Å². The lowest BCUT2D eigenvalue weighted by molar-refractivity contribution is -0.123. The second-order valence-corrected chi connectivity index (χ2v) is 12.5. The van der Waals surface area contributed by atoms with E-state index >= 15 is 0 Å². The maximum Gasteiger partial charge on any atom is 0.260 e. The third kappa shape index (κ3) is 4.29. The van der Waals surface area contributed by atoms with E-state index in [1.807, 2.05) is 4.90 Å². The monoisotopic (exact) mass is 720 g/mol. The van der Waals surface area contributed by atoms with Gasteiger partial charge in [0.25, 0.3) is 11.5 Å². The number of phenols is 1. The molecule has 0 bridgehead atoms. The van der Waals surface area contributed by atoms with E-state index in [0.717, 1.165) is 13.2 Å². The van der Waals surface area contributed by atoms with Crippen molar-refractivity contribution in [1.82, 2.24) is 15.3 Å². The Morgan fingerprint density at radius 1 is 1.04 bits per heavy atom. The number of halogens is 1. The normalized spacial score (nSPS) is 19.1. The Hall–Kier alpha value is -5.19. The Balaban J connectivity index is 1.37. The summed E-state index contributed by atoms with van der Waals surface area (Å²) in [5, 5.41) is 36.0. The van der Waals surface area contributed by atoms with Gasteiger partial charge in [0.1, 0.15) is 22.7 Å². The zero-order valence-corrected chi connectivity index (χ0v) is 26.6. The summed E-state index contributed by atoms with van der Waals surface area (Å²) in [5.74, 6) is -3.06. The van der Waals surface area contributed by atoms with E-state index < -0.39 is 76.6 Å². The van der Waals surface area contributed by atoms with Crippen LogP contribution in [0.4, 0.5) is 0 Å². The van der Waals surface area contributed by atoms with E-state index in [9.17, 15) is 44.1 Å². The molecule has 5 aliphatic rings. The number of hydrazone groups is 1. The molecule has 1 fully saturated rings. The zero-order valence-electron chi connectivity index (χ0n) is 25.1. The van der Waals surface area contributed by atoms with Gasteiger partial charge >= 0.3 is 0 Å². The number of morpholine rings is 1. The summed E-state index contributed by atoms with van der Waals surface area (Å²) in [6.45, 7) is 2.39. The minimum Gasteiger partial charge on any atom is -0.510 e. The molecule has 2 heterocycles. The number of rotatable bonds is 5. The molecule has 1 aliphatic heterocycles. The smallest absolute Gasteiger partial charge is 0.260 e. The quantitative estimate of drug-likeness (QED) is 0.112. The van der Waals surface area contributed by atoms with Crippen molar-refractivity contribution >= 4 is 50.3 Å². The summed E-state index contributed by atoms with van der Waals surface area (Å²) in [5.41, 5.74) is -4.32. The number of aromatic amines is 1. The van der Waals surface area contributed by atoms with Gasteiger partial charge in [-0.15, -0.1) is 0 Å². The van der Waals surface area contributed by atoms with Gasteiger partial charge in [-0.05, 0) is 40.4 Å². The molecule has 0 saturated carbocycles. The molecule has 1 aromatic carbocycles. The second kappa shape index (κ2) is 11.2. The van der Waals surface area contributed by atoms with Crippen LogP contribution in [0.3, 0.4) is 0 Å². The highest BCUT2D eigenvalue weighted by Gasteiger charge is 2.53. The van der Waals surface area contributed by atoms with Crippen molar-refractivity contribution in [2.75, 3.05) is 40.0 Å². The molecule has 0 radical (unpaired) electrons. The van der Waals surface area contributed by atoms with Crippen molar-refractivity contribution in [2.24, 2.45) is 5.10 Å². The standard InChI is InChI=1S/C32H25BrN4O11/c1-47-16-9-15(38)19-20(25(16)40)27(42)22-21(26(19)41)29(44)32(30(22)45)3-2-13-23(32)28(43)18-14(24(13)33)8-12(35-31(18)46)10-34-36-17(39)11-37-4-6-48-7-5-37/h8-10,43-45H,2-7,11H2,1H3,(H,35,46)(H,36,39)/b34-10+/t32-/m0/s1. The summed E-state index contributed by atoms with van der Waals surface area (Å²) in [6, 6.07) is 2.27. The van der Waals surface area contributed by atoms with Gasteiger partial charge in [0.05, 0.1) is 65.0 Å². The van der Waals surface area contributed by atoms with E-state index in [1.54, 1.807) is 0 Å². The number of benzene rings is 1. The van der Waals surface area contributed by atoms with Gasteiger partial charge in [-0.2, -0.15) is 5.10 Å². The predicted octanol–water partition coefficient (Wildman–Crippen LogP) is -1.94. The molecular weight excluding hydrogens is 696 g/mol. The lowest BCUT2D eigenvalue weighted by Gasteiger charge is -2.27. The van der Waals surface area contributed by atoms with Crippen LogP contribution in [0.5, 0.6) is 11.5 Å². The number of amides is 1. The summed E-state index contributed by atoms with van der Waals surface area (Å²) >= 11 is 3.49. The number of hydrogen-bond acceptors (Lipinski definition) is 13. The lowest BCUT2D eigenvalue weighted by atomic mass is 9.78. The van der Waals surface area contributed by atoms with Crippen molar-refractivity contribution in [3.8, 4) is 11.5 Å². The molecule has 2 aromatic rings. The van der Waals surface area contributed by atoms with Crippen LogP contribution in [0, 0.1) is 10.4 Å². The van der Waals surface area contributed by atoms with Crippen molar-refractivity contribution in [3.05, 3.63) is 106 Å². The van der Waals surface area contributed by atoms with Crippen LogP contribution >= 0.6 is 15.9 Å². The van der Waals surface area contributed by atoms with E-state index in [0.29, 0.717) is 36.3 Å².